The van der Waals surface area contributed by atoms with Crippen LogP contribution in [0.4, 0.5) is 0 Å². The van der Waals surface area contributed by atoms with Gasteiger partial charge in [-0.25, -0.2) is 0 Å². The molecule has 130 heavy (non-hydrogen) atoms. The Labute approximate surface area is 790 Å². The SMILES string of the molecule is CCCCCCCCC(CCCCCC)COC(=O)CCNC(=O)[C@H](C(C)(C)COC(=O)CCN1CCOCC1)C(CCC(=O)O)(CC(CCCCCC)CCCCCCCC)C(=O)O.CCCCCCCCC(CCCCCC)COC(=O)CCNC(=O)[C@H](C(C)(C)COC(=O)CCN1CCOCC1)C(CCC(=O)O)(CC(CCCCCC)CCCCCCCC)C(=O)O. The molecule has 2 amide bonds. The zero-order valence-electron chi connectivity index (χ0n) is 85.0. The van der Waals surface area contributed by atoms with E-state index in [1.54, 1.807) is 27.7 Å². The smallest absolute Gasteiger partial charge is 0.310 e. The number of hydrogen-bond acceptors (Lipinski definition) is 18. The normalized spacial score (nSPS) is 15.7. The van der Waals surface area contributed by atoms with Crippen molar-refractivity contribution in [2.75, 3.05) is 105 Å². The summed E-state index contributed by atoms with van der Waals surface area (Å²) in [5, 5.41) is 48.7. The van der Waals surface area contributed by atoms with Crippen LogP contribution in [-0.4, -0.2) is 195 Å². The molecule has 24 heteroatoms. The third-order valence-electron chi connectivity index (χ3n) is 27.5. The molecule has 24 nitrogen and oxygen atoms in total. The highest BCUT2D eigenvalue weighted by Gasteiger charge is 2.58. The van der Waals surface area contributed by atoms with E-state index in [1.807, 2.05) is 0 Å². The summed E-state index contributed by atoms with van der Waals surface area (Å²) in [5.74, 6) is -9.69. The highest BCUT2D eigenvalue weighted by Crippen LogP contribution is 2.52. The van der Waals surface area contributed by atoms with E-state index >= 15 is 0 Å². The molecule has 0 bridgehead atoms. The molecule has 0 aliphatic carbocycles. The van der Waals surface area contributed by atoms with Crippen LogP contribution in [0.25, 0.3) is 0 Å². The average molecular weight is 1850 g/mol. The Morgan fingerprint density at radius 2 is 0.538 bits per heavy atom. The Hall–Kier alpha value is -5.46. The zero-order valence-corrected chi connectivity index (χ0v) is 85.0. The number of carboxylic acid groups (broad SMARTS) is 4. The first kappa shape index (κ1) is 123. The van der Waals surface area contributed by atoms with E-state index in [0.29, 0.717) is 52.7 Å². The van der Waals surface area contributed by atoms with Gasteiger partial charge in [-0.15, -0.1) is 0 Å². The lowest BCUT2D eigenvalue weighted by molar-refractivity contribution is -0.171. The van der Waals surface area contributed by atoms with Crippen LogP contribution in [0.1, 0.15) is 455 Å². The Kier molecular flexibility index (Phi) is 73.2. The molecule has 2 aliphatic rings. The molecule has 0 radical (unpaired) electrons. The maximum Gasteiger partial charge on any atom is 0.310 e. The molecular formula is C106H196N4O20. The number of rotatable bonds is 86. The fraction of sp³-hybridized carbons (Fsp3) is 0.906. The van der Waals surface area contributed by atoms with Crippen LogP contribution < -0.4 is 10.6 Å². The molecule has 760 valence electrons. The molecule has 2 saturated heterocycles. The molecule has 2 aliphatic heterocycles. The highest BCUT2D eigenvalue weighted by atomic mass is 16.5. The van der Waals surface area contributed by atoms with Gasteiger partial charge in [0.1, 0.15) is 0 Å². The molecule has 2 heterocycles. The van der Waals surface area contributed by atoms with Gasteiger partial charge in [0.2, 0.25) is 11.8 Å². The average Bonchev–Trinajstić information content (AvgIpc) is 0.761. The van der Waals surface area contributed by atoms with Gasteiger partial charge in [0, 0.05) is 76.0 Å². The predicted molar refractivity (Wildman–Crippen MR) is 521 cm³/mol. The number of nitrogens with one attached hydrogen (secondary N) is 2. The lowest BCUT2D eigenvalue weighted by atomic mass is 9.57. The van der Waals surface area contributed by atoms with Crippen LogP contribution in [-0.2, 0) is 76.4 Å². The number of aliphatic carboxylic acids is 4. The van der Waals surface area contributed by atoms with Gasteiger partial charge in [0.15, 0.2) is 0 Å². The largest absolute Gasteiger partial charge is 0.481 e. The second kappa shape index (κ2) is 77.7. The van der Waals surface area contributed by atoms with Crippen molar-refractivity contribution in [2.24, 2.45) is 57.2 Å². The number of carboxylic acids is 4. The second-order valence-corrected chi connectivity index (χ2v) is 40.2. The molecule has 0 spiro atoms. The first-order valence-corrected chi connectivity index (χ1v) is 53.2. The lowest BCUT2D eigenvalue weighted by Crippen LogP contribution is -2.55. The van der Waals surface area contributed by atoms with Crippen molar-refractivity contribution < 1.29 is 96.8 Å². The number of hydrogen-bond donors (Lipinski definition) is 6. The summed E-state index contributed by atoms with van der Waals surface area (Å²) >= 11 is 0. The predicted octanol–water partition coefficient (Wildman–Crippen LogP) is 23.9. The van der Waals surface area contributed by atoms with Gasteiger partial charge in [-0.1, -0.05) is 366 Å². The fourth-order valence-corrected chi connectivity index (χ4v) is 19.7. The van der Waals surface area contributed by atoms with Crippen LogP contribution >= 0.6 is 0 Å². The lowest BCUT2D eigenvalue weighted by Gasteiger charge is -2.46. The van der Waals surface area contributed by atoms with Crippen LogP contribution in [0.15, 0.2) is 0 Å². The number of amides is 2. The minimum Gasteiger partial charge on any atom is -0.481 e. The van der Waals surface area contributed by atoms with Gasteiger partial charge >= 0.3 is 47.8 Å². The molecule has 0 aromatic heterocycles. The Morgan fingerprint density at radius 1 is 0.308 bits per heavy atom. The fourth-order valence-electron chi connectivity index (χ4n) is 19.7. The molecule has 0 aromatic carbocycles. The topological polar surface area (TPSA) is 338 Å². The van der Waals surface area contributed by atoms with Crippen LogP contribution in [0.3, 0.4) is 0 Å². The van der Waals surface area contributed by atoms with Gasteiger partial charge in [-0.05, 0) is 75.0 Å². The summed E-state index contributed by atoms with van der Waals surface area (Å²) in [6.45, 7) is 30.9. The van der Waals surface area contributed by atoms with Crippen molar-refractivity contribution >= 4 is 59.6 Å². The van der Waals surface area contributed by atoms with Crippen molar-refractivity contribution in [3.05, 3.63) is 0 Å². The first-order valence-electron chi connectivity index (χ1n) is 53.2. The summed E-state index contributed by atoms with van der Waals surface area (Å²) in [4.78, 5) is 139. The Balaban J connectivity index is 0.00000130. The standard InChI is InChI=1S/2C53H98N2O10/c2*1-7-11-15-19-21-25-28-44(27-23-17-13-9-3)41-53(51(61)62,34-31-46(56)57)49(52(5,6)43-65-48(59)33-36-55-37-39-63-40-38-55)50(60)54-35-32-47(58)64-42-45(29-24-18-14-10-4)30-26-22-20-16-12-8-2/h2*44-45,49H,7-43H2,1-6H3,(H,54,60)(H,56,57)(H,61,62)/t2*44?,45?,49-,53?/m11/s1. The van der Waals surface area contributed by atoms with E-state index in [0.717, 1.165) is 244 Å². The van der Waals surface area contributed by atoms with E-state index < -0.39 is 106 Å². The number of ether oxygens (including phenoxy) is 6. The minimum atomic E-state index is -1.79. The summed E-state index contributed by atoms with van der Waals surface area (Å²) in [6, 6.07) is 0. The van der Waals surface area contributed by atoms with Crippen molar-refractivity contribution in [1.82, 2.24) is 20.4 Å². The number of unbranched alkanes of at least 4 members (excludes halogenated alkanes) is 32. The number of esters is 4. The molecule has 8 atom stereocenters. The Bertz CT molecular complexity index is 2730. The first-order chi connectivity index (χ1) is 62.5. The van der Waals surface area contributed by atoms with Crippen LogP contribution in [0, 0.1) is 57.2 Å². The van der Waals surface area contributed by atoms with Crippen molar-refractivity contribution in [3.63, 3.8) is 0 Å². The summed E-state index contributed by atoms with van der Waals surface area (Å²) < 4.78 is 34.3. The molecule has 6 N–H and O–H groups in total. The van der Waals surface area contributed by atoms with E-state index in [-0.39, 0.29) is 101 Å². The van der Waals surface area contributed by atoms with Gasteiger partial charge in [-0.2, -0.15) is 0 Å². The molecule has 0 aromatic rings. The third kappa shape index (κ3) is 58.1. The van der Waals surface area contributed by atoms with E-state index in [4.69, 9.17) is 28.4 Å². The van der Waals surface area contributed by atoms with Gasteiger partial charge < -0.3 is 59.5 Å². The second-order valence-electron chi connectivity index (χ2n) is 40.2. The summed E-state index contributed by atoms with van der Waals surface area (Å²) in [5.41, 5.74) is -6.01. The van der Waals surface area contributed by atoms with Gasteiger partial charge in [-0.3, -0.25) is 57.7 Å². The quantitative estimate of drug-likeness (QED) is 0.0187. The van der Waals surface area contributed by atoms with Crippen molar-refractivity contribution in [1.29, 1.82) is 0 Å². The Morgan fingerprint density at radius 3 is 0.785 bits per heavy atom. The summed E-state index contributed by atoms with van der Waals surface area (Å²) in [7, 11) is 0. The summed E-state index contributed by atoms with van der Waals surface area (Å²) in [6.07, 6.45) is 51.2. The highest BCUT2D eigenvalue weighted by molar-refractivity contribution is 5.90. The molecule has 0 saturated carbocycles. The van der Waals surface area contributed by atoms with E-state index in [2.05, 4.69) is 75.8 Å². The number of morpholine rings is 2. The monoisotopic (exact) mass is 1850 g/mol. The van der Waals surface area contributed by atoms with Crippen molar-refractivity contribution in [3.8, 4) is 0 Å². The maximum absolute atomic E-state index is 14.8. The van der Waals surface area contributed by atoms with Crippen LogP contribution in [0.2, 0.25) is 0 Å². The molecule has 2 rings (SSSR count). The number of nitrogens with zero attached hydrogens (tertiary/aromatic N) is 2. The van der Waals surface area contributed by atoms with Crippen LogP contribution in [0.5, 0.6) is 0 Å². The van der Waals surface area contributed by atoms with Gasteiger partial charge in [0.05, 0.1) is 101 Å². The number of carbonyl (C=O) groups is 10. The maximum atomic E-state index is 14.8. The molecular weight excluding hydrogens is 1650 g/mol. The van der Waals surface area contributed by atoms with E-state index in [9.17, 15) is 68.4 Å². The van der Waals surface area contributed by atoms with Gasteiger partial charge in [0.25, 0.3) is 0 Å². The zero-order chi connectivity index (χ0) is 96.4. The third-order valence-corrected chi connectivity index (χ3v) is 27.5. The van der Waals surface area contributed by atoms with E-state index in [1.165, 1.54) is 89.9 Å². The minimum absolute atomic E-state index is 0.0497. The molecule has 2 fully saturated rings. The number of carbonyl (C=O) groups excluding carboxylic acids is 6. The van der Waals surface area contributed by atoms with Crippen molar-refractivity contribution in [2.45, 2.75) is 455 Å². The molecule has 6 unspecified atom stereocenters.